The predicted octanol–water partition coefficient (Wildman–Crippen LogP) is 5.27. The van der Waals surface area contributed by atoms with Crippen LogP contribution in [0.3, 0.4) is 0 Å². The molecule has 1 amide bonds. The number of methoxy groups -OCH3 is 2. The molecule has 1 saturated carbocycles. The van der Waals surface area contributed by atoms with Gasteiger partial charge in [0.25, 0.3) is 0 Å². The molecule has 3 aromatic rings. The number of halogens is 4. The predicted molar refractivity (Wildman–Crippen MR) is 153 cm³/mol. The van der Waals surface area contributed by atoms with E-state index in [1.54, 1.807) is 7.05 Å². The zero-order valence-corrected chi connectivity index (χ0v) is 25.3. The molecule has 4 rings (SSSR count). The van der Waals surface area contributed by atoms with E-state index in [1.165, 1.54) is 30.1 Å². The van der Waals surface area contributed by atoms with Crippen LogP contribution in [0.5, 0.6) is 11.6 Å². The molecule has 45 heavy (non-hydrogen) atoms. The molecule has 1 aliphatic rings. The minimum atomic E-state index is -4.94. The number of ether oxygens (including phenoxy) is 3. The molecule has 0 unspecified atom stereocenters. The quantitative estimate of drug-likeness (QED) is 0.264. The number of aryl methyl sites for hydroxylation is 1. The highest BCUT2D eigenvalue weighted by Gasteiger charge is 2.38. The van der Waals surface area contributed by atoms with Crippen LogP contribution in [-0.4, -0.2) is 70.4 Å². The third-order valence-electron chi connectivity index (χ3n) is 7.68. The van der Waals surface area contributed by atoms with Gasteiger partial charge >= 0.3 is 12.1 Å². The number of carbonyl (C=O) groups is 2. The van der Waals surface area contributed by atoms with Crippen LogP contribution in [0.1, 0.15) is 59.8 Å². The second kappa shape index (κ2) is 14.3. The van der Waals surface area contributed by atoms with Crippen LogP contribution in [-0.2, 0) is 33.9 Å². The van der Waals surface area contributed by atoms with Crippen LogP contribution < -0.4 is 9.64 Å². The number of pyridine rings is 1. The number of carboxylic acids is 1. The van der Waals surface area contributed by atoms with E-state index in [-0.39, 0.29) is 30.9 Å². The summed E-state index contributed by atoms with van der Waals surface area (Å²) < 4.78 is 73.7. The number of hydrogen-bond acceptors (Lipinski definition) is 8. The Labute approximate surface area is 257 Å². The van der Waals surface area contributed by atoms with E-state index in [2.05, 4.69) is 22.1 Å². The number of aromatic carboxylic acids is 1. The van der Waals surface area contributed by atoms with Crippen LogP contribution in [0.25, 0.3) is 0 Å². The molecular weight excluding hydrogens is 602 g/mol. The van der Waals surface area contributed by atoms with Crippen LogP contribution in [0.2, 0.25) is 0 Å². The van der Waals surface area contributed by atoms with Crippen molar-refractivity contribution in [3.8, 4) is 11.6 Å². The maximum atomic E-state index is 15.7. The number of anilines is 1. The Morgan fingerprint density at radius 1 is 1.09 bits per heavy atom. The lowest BCUT2D eigenvalue weighted by Crippen LogP contribution is -2.49. The molecule has 0 bridgehead atoms. The van der Waals surface area contributed by atoms with Crippen molar-refractivity contribution >= 4 is 17.6 Å². The standard InChI is InChI=1S/C30H35F4N5O6/c1-17-5-7-19(8-6-17)28(40)39(21(15-43-3)16-44-4)25-12-24(31)26(11-22(25)29(41)42)45-27-23(30(32,33)34)10-18(13-35-27)9-20-14-36-38(2)37-20/h10-14,17,19,21H,5-9,15-16H2,1-4H3,(H,41,42). The molecule has 0 atom stereocenters. The van der Waals surface area contributed by atoms with Gasteiger partial charge in [-0.25, -0.2) is 14.2 Å². The summed E-state index contributed by atoms with van der Waals surface area (Å²) in [6, 6.07) is 1.50. The van der Waals surface area contributed by atoms with Crippen molar-refractivity contribution in [2.75, 3.05) is 32.3 Å². The van der Waals surface area contributed by atoms with E-state index in [4.69, 9.17) is 14.2 Å². The summed E-state index contributed by atoms with van der Waals surface area (Å²) in [5.41, 5.74) is -1.61. The second-order valence-corrected chi connectivity index (χ2v) is 11.1. The van der Waals surface area contributed by atoms with E-state index in [9.17, 15) is 27.9 Å². The number of alkyl halides is 3. The monoisotopic (exact) mass is 637 g/mol. The van der Waals surface area contributed by atoms with E-state index in [0.717, 1.165) is 37.2 Å². The number of carboxylic acid groups (broad SMARTS) is 1. The number of aromatic nitrogens is 4. The van der Waals surface area contributed by atoms with Crippen molar-refractivity contribution in [3.05, 3.63) is 58.8 Å². The first-order chi connectivity index (χ1) is 21.3. The molecule has 1 fully saturated rings. The van der Waals surface area contributed by atoms with E-state index in [0.29, 0.717) is 24.5 Å². The van der Waals surface area contributed by atoms with Gasteiger partial charge in [0.15, 0.2) is 11.6 Å². The van der Waals surface area contributed by atoms with Gasteiger partial charge in [0.05, 0.1) is 42.4 Å². The summed E-state index contributed by atoms with van der Waals surface area (Å²) in [6.07, 6.45) is 0.280. The van der Waals surface area contributed by atoms with Crippen molar-refractivity contribution in [2.45, 2.75) is 51.2 Å². The smallest absolute Gasteiger partial charge is 0.421 e. The molecule has 1 aliphatic carbocycles. The molecule has 0 saturated heterocycles. The van der Waals surface area contributed by atoms with Gasteiger partial charge in [-0.1, -0.05) is 6.92 Å². The molecule has 1 N–H and O–H groups in total. The van der Waals surface area contributed by atoms with Gasteiger partial charge in [-0.3, -0.25) is 4.79 Å². The third kappa shape index (κ3) is 8.14. The van der Waals surface area contributed by atoms with Gasteiger partial charge in [-0.2, -0.15) is 28.2 Å². The van der Waals surface area contributed by atoms with Gasteiger partial charge < -0.3 is 24.2 Å². The molecule has 2 heterocycles. The molecular formula is C30H35F4N5O6. The maximum Gasteiger partial charge on any atom is 0.421 e. The molecule has 1 aromatic carbocycles. The summed E-state index contributed by atoms with van der Waals surface area (Å²) in [7, 11) is 4.35. The Hall–Kier alpha value is -4.11. The summed E-state index contributed by atoms with van der Waals surface area (Å²) in [4.78, 5) is 32.6. The molecule has 11 nitrogen and oxygen atoms in total. The van der Waals surface area contributed by atoms with Crippen molar-refractivity contribution < 1.29 is 46.5 Å². The maximum absolute atomic E-state index is 15.7. The van der Waals surface area contributed by atoms with Gasteiger partial charge in [-0.15, -0.1) is 0 Å². The largest absolute Gasteiger partial charge is 0.478 e. The van der Waals surface area contributed by atoms with E-state index < -0.39 is 58.6 Å². The third-order valence-corrected chi connectivity index (χ3v) is 7.68. The average molecular weight is 638 g/mol. The summed E-state index contributed by atoms with van der Waals surface area (Å²) in [5, 5.41) is 18.1. The highest BCUT2D eigenvalue weighted by molar-refractivity contribution is 6.03. The SMILES string of the molecule is COCC(COC)N(C(=O)C1CCC(C)CC1)c1cc(F)c(Oc2ncc(Cc3cnn(C)n3)cc2C(F)(F)F)cc1C(=O)O. The van der Waals surface area contributed by atoms with Gasteiger partial charge in [0.2, 0.25) is 11.8 Å². The van der Waals surface area contributed by atoms with Crippen molar-refractivity contribution in [2.24, 2.45) is 18.9 Å². The van der Waals surface area contributed by atoms with Crippen LogP contribution in [0, 0.1) is 17.7 Å². The summed E-state index contributed by atoms with van der Waals surface area (Å²) >= 11 is 0. The first kappa shape index (κ1) is 33.8. The first-order valence-corrected chi connectivity index (χ1v) is 14.3. The Bertz CT molecular complexity index is 1500. The second-order valence-electron chi connectivity index (χ2n) is 11.1. The van der Waals surface area contributed by atoms with Crippen molar-refractivity contribution in [3.63, 3.8) is 0 Å². The topological polar surface area (TPSA) is 129 Å². The molecule has 2 aromatic heterocycles. The number of amides is 1. The zero-order chi connectivity index (χ0) is 32.9. The Kier molecular flexibility index (Phi) is 10.8. The fourth-order valence-electron chi connectivity index (χ4n) is 5.43. The Morgan fingerprint density at radius 3 is 2.31 bits per heavy atom. The lowest BCUT2D eigenvalue weighted by Gasteiger charge is -2.36. The lowest BCUT2D eigenvalue weighted by atomic mass is 9.82. The number of benzene rings is 1. The summed E-state index contributed by atoms with van der Waals surface area (Å²) in [6.45, 7) is 1.97. The average Bonchev–Trinajstić information content (AvgIpc) is 3.39. The van der Waals surface area contributed by atoms with Gasteiger partial charge in [0.1, 0.15) is 5.56 Å². The van der Waals surface area contributed by atoms with Gasteiger partial charge in [-0.05, 0) is 43.2 Å². The highest BCUT2D eigenvalue weighted by Crippen LogP contribution is 2.40. The molecule has 15 heteroatoms. The minimum absolute atomic E-state index is 0.00962. The van der Waals surface area contributed by atoms with Crippen molar-refractivity contribution in [1.82, 2.24) is 20.0 Å². The van der Waals surface area contributed by atoms with Crippen LogP contribution >= 0.6 is 0 Å². The molecule has 244 valence electrons. The minimum Gasteiger partial charge on any atom is -0.478 e. The summed E-state index contributed by atoms with van der Waals surface area (Å²) in [5.74, 6) is -4.98. The fourth-order valence-corrected chi connectivity index (χ4v) is 5.43. The number of rotatable bonds is 12. The van der Waals surface area contributed by atoms with Crippen LogP contribution in [0.15, 0.2) is 30.6 Å². The van der Waals surface area contributed by atoms with Crippen molar-refractivity contribution in [1.29, 1.82) is 0 Å². The zero-order valence-electron chi connectivity index (χ0n) is 25.3. The molecule has 0 spiro atoms. The van der Waals surface area contributed by atoms with Gasteiger partial charge in [0, 0.05) is 51.9 Å². The number of hydrogen-bond donors (Lipinski definition) is 1. The number of nitrogens with zero attached hydrogens (tertiary/aromatic N) is 5. The number of carbonyl (C=O) groups excluding carboxylic acids is 1. The van der Waals surface area contributed by atoms with E-state index >= 15 is 4.39 Å². The Morgan fingerprint density at radius 2 is 1.76 bits per heavy atom. The molecule has 0 aliphatic heterocycles. The first-order valence-electron chi connectivity index (χ1n) is 14.3. The normalized spacial score (nSPS) is 17.0. The highest BCUT2D eigenvalue weighted by atomic mass is 19.4. The van der Waals surface area contributed by atoms with Crippen LogP contribution in [0.4, 0.5) is 23.2 Å². The van der Waals surface area contributed by atoms with E-state index in [1.807, 2.05) is 0 Å². The Balaban J connectivity index is 1.75. The lowest BCUT2D eigenvalue weighted by molar-refractivity contribution is -0.139. The fraction of sp³-hybridized carbons (Fsp3) is 0.500. The molecule has 0 radical (unpaired) electrons.